The number of para-hydroxylation sites is 2. The summed E-state index contributed by atoms with van der Waals surface area (Å²) in [6.07, 6.45) is 1.64. The van der Waals surface area contributed by atoms with Crippen molar-refractivity contribution in [2.45, 2.75) is 13.5 Å². The van der Waals surface area contributed by atoms with Crippen molar-refractivity contribution in [3.05, 3.63) is 47.0 Å². The van der Waals surface area contributed by atoms with Gasteiger partial charge in [0.05, 0.1) is 22.3 Å². The first-order valence-corrected chi connectivity index (χ1v) is 7.97. The van der Waals surface area contributed by atoms with Crippen molar-refractivity contribution < 1.29 is 9.47 Å². The highest BCUT2D eigenvalue weighted by atomic mass is 35.5. The van der Waals surface area contributed by atoms with Crippen LogP contribution >= 0.6 is 11.6 Å². The van der Waals surface area contributed by atoms with Crippen molar-refractivity contribution in [1.29, 1.82) is 0 Å². The number of aryl methyl sites for hydroxylation is 1. The smallest absolute Gasteiger partial charge is 0.231 e. The molecule has 0 unspecified atom stereocenters. The van der Waals surface area contributed by atoms with Crippen LogP contribution < -0.4 is 14.9 Å². The van der Waals surface area contributed by atoms with Crippen LogP contribution in [0.25, 0.3) is 11.0 Å². The molecule has 1 aliphatic heterocycles. The highest BCUT2D eigenvalue weighted by molar-refractivity contribution is 6.33. The van der Waals surface area contributed by atoms with Gasteiger partial charge in [-0.25, -0.2) is 10.4 Å². The molecule has 0 saturated carbocycles. The number of anilines is 1. The van der Waals surface area contributed by atoms with E-state index in [9.17, 15) is 0 Å². The van der Waals surface area contributed by atoms with Gasteiger partial charge in [-0.2, -0.15) is 5.10 Å². The third-order valence-corrected chi connectivity index (χ3v) is 4.16. The first-order valence-electron chi connectivity index (χ1n) is 7.59. The van der Waals surface area contributed by atoms with Crippen molar-refractivity contribution in [1.82, 2.24) is 9.55 Å². The number of hydrogen-bond donors (Lipinski definition) is 1. The predicted molar refractivity (Wildman–Crippen MR) is 94.2 cm³/mol. The Labute approximate surface area is 143 Å². The number of aromatic nitrogens is 2. The highest BCUT2D eigenvalue weighted by Gasteiger charge is 2.15. The molecule has 1 N–H and O–H groups in total. The molecule has 0 aliphatic carbocycles. The molecular formula is C17H15ClN4O2. The van der Waals surface area contributed by atoms with E-state index in [-0.39, 0.29) is 6.79 Å². The first-order chi connectivity index (χ1) is 11.8. The molecular weight excluding hydrogens is 328 g/mol. The van der Waals surface area contributed by atoms with Gasteiger partial charge in [0.1, 0.15) is 0 Å². The van der Waals surface area contributed by atoms with E-state index in [1.165, 1.54) is 0 Å². The third-order valence-electron chi connectivity index (χ3n) is 3.83. The Morgan fingerprint density at radius 2 is 2.08 bits per heavy atom. The van der Waals surface area contributed by atoms with Crippen molar-refractivity contribution in [2.24, 2.45) is 5.10 Å². The van der Waals surface area contributed by atoms with Crippen LogP contribution in [0.15, 0.2) is 41.5 Å². The Bertz CT molecular complexity index is 936. The minimum atomic E-state index is 0.213. The van der Waals surface area contributed by atoms with Gasteiger partial charge in [0.15, 0.2) is 11.5 Å². The van der Waals surface area contributed by atoms with Gasteiger partial charge in [0, 0.05) is 18.2 Å². The summed E-state index contributed by atoms with van der Waals surface area (Å²) < 4.78 is 12.7. The summed E-state index contributed by atoms with van der Waals surface area (Å²) in [5, 5.41) is 4.81. The number of halogens is 1. The van der Waals surface area contributed by atoms with E-state index in [0.717, 1.165) is 23.1 Å². The van der Waals surface area contributed by atoms with Gasteiger partial charge in [-0.15, -0.1) is 0 Å². The minimum absolute atomic E-state index is 0.213. The van der Waals surface area contributed by atoms with E-state index in [4.69, 9.17) is 21.1 Å². The standard InChI is InChI=1S/C17H15ClN4O2/c1-2-22-14-6-4-3-5-13(14)20-17(22)21-19-9-11-7-15-16(8-12(11)18)24-10-23-15/h3-9H,2,10H2,1H3,(H,20,21)/b19-9-. The van der Waals surface area contributed by atoms with E-state index in [1.54, 1.807) is 18.3 Å². The van der Waals surface area contributed by atoms with E-state index in [2.05, 4.69) is 27.0 Å². The van der Waals surface area contributed by atoms with E-state index >= 15 is 0 Å². The Morgan fingerprint density at radius 3 is 2.92 bits per heavy atom. The molecule has 2 heterocycles. The molecule has 24 heavy (non-hydrogen) atoms. The average molecular weight is 343 g/mol. The molecule has 122 valence electrons. The van der Waals surface area contributed by atoms with Crippen LogP contribution in [0.2, 0.25) is 5.02 Å². The molecule has 4 rings (SSSR count). The Hall–Kier alpha value is -2.73. The molecule has 0 atom stereocenters. The SMILES string of the molecule is CCn1c(N/N=C\c2cc3c(cc2Cl)OCO3)nc2ccccc21. The zero-order chi connectivity index (χ0) is 16.5. The monoisotopic (exact) mass is 342 g/mol. The van der Waals surface area contributed by atoms with Crippen LogP contribution in [0.4, 0.5) is 5.95 Å². The molecule has 0 spiro atoms. The number of hydrazone groups is 1. The van der Waals surface area contributed by atoms with E-state index in [0.29, 0.717) is 22.5 Å². The largest absolute Gasteiger partial charge is 0.454 e. The lowest BCUT2D eigenvalue weighted by Gasteiger charge is -2.05. The van der Waals surface area contributed by atoms with Gasteiger partial charge in [0.2, 0.25) is 12.7 Å². The van der Waals surface area contributed by atoms with Crippen LogP contribution in [-0.4, -0.2) is 22.6 Å². The van der Waals surface area contributed by atoms with Gasteiger partial charge in [-0.1, -0.05) is 23.7 Å². The number of nitrogens with zero attached hydrogens (tertiary/aromatic N) is 3. The lowest BCUT2D eigenvalue weighted by molar-refractivity contribution is 0.174. The van der Waals surface area contributed by atoms with Gasteiger partial charge in [-0.05, 0) is 25.1 Å². The maximum Gasteiger partial charge on any atom is 0.231 e. The fraction of sp³-hybridized carbons (Fsp3) is 0.176. The van der Waals surface area contributed by atoms with Crippen LogP contribution in [0.3, 0.4) is 0 Å². The number of benzene rings is 2. The minimum Gasteiger partial charge on any atom is -0.454 e. The predicted octanol–water partition coefficient (Wildman–Crippen LogP) is 3.88. The molecule has 6 nitrogen and oxygen atoms in total. The molecule has 7 heteroatoms. The number of rotatable bonds is 4. The third kappa shape index (κ3) is 2.55. The zero-order valence-electron chi connectivity index (χ0n) is 13.0. The quantitative estimate of drug-likeness (QED) is 0.577. The number of nitrogens with one attached hydrogen (secondary N) is 1. The van der Waals surface area contributed by atoms with E-state index in [1.807, 2.05) is 24.3 Å². The summed E-state index contributed by atoms with van der Waals surface area (Å²) in [5.41, 5.74) is 5.73. The highest BCUT2D eigenvalue weighted by Crippen LogP contribution is 2.36. The van der Waals surface area contributed by atoms with Crippen molar-refractivity contribution in [2.75, 3.05) is 12.2 Å². The molecule has 0 radical (unpaired) electrons. The van der Waals surface area contributed by atoms with Crippen LogP contribution in [0.5, 0.6) is 11.5 Å². The van der Waals surface area contributed by atoms with Crippen LogP contribution in [-0.2, 0) is 6.54 Å². The summed E-state index contributed by atoms with van der Waals surface area (Å²) in [7, 11) is 0. The fourth-order valence-corrected chi connectivity index (χ4v) is 2.87. The Kier molecular flexibility index (Phi) is 3.74. The Morgan fingerprint density at radius 1 is 1.29 bits per heavy atom. The lowest BCUT2D eigenvalue weighted by atomic mass is 10.2. The van der Waals surface area contributed by atoms with Crippen LogP contribution in [0, 0.1) is 0 Å². The van der Waals surface area contributed by atoms with Gasteiger partial charge < -0.3 is 14.0 Å². The van der Waals surface area contributed by atoms with Gasteiger partial charge >= 0.3 is 0 Å². The summed E-state index contributed by atoms with van der Waals surface area (Å²) in [4.78, 5) is 4.56. The summed E-state index contributed by atoms with van der Waals surface area (Å²) in [6.45, 7) is 3.08. The molecule has 0 bridgehead atoms. The molecule has 1 aliphatic rings. The topological polar surface area (TPSA) is 60.7 Å². The first kappa shape index (κ1) is 14.8. The van der Waals surface area contributed by atoms with Crippen molar-refractivity contribution in [3.63, 3.8) is 0 Å². The maximum atomic E-state index is 6.24. The van der Waals surface area contributed by atoms with Crippen molar-refractivity contribution in [3.8, 4) is 11.5 Å². The molecule has 2 aromatic carbocycles. The summed E-state index contributed by atoms with van der Waals surface area (Å²) in [6, 6.07) is 11.5. The summed E-state index contributed by atoms with van der Waals surface area (Å²) in [5.74, 6) is 2.01. The number of hydrogen-bond acceptors (Lipinski definition) is 5. The average Bonchev–Trinajstić information content (AvgIpc) is 3.18. The van der Waals surface area contributed by atoms with Gasteiger partial charge in [-0.3, -0.25) is 0 Å². The van der Waals surface area contributed by atoms with Gasteiger partial charge in [0.25, 0.3) is 0 Å². The molecule has 0 fully saturated rings. The number of ether oxygens (including phenoxy) is 2. The molecule has 1 aromatic heterocycles. The zero-order valence-corrected chi connectivity index (χ0v) is 13.7. The molecule has 3 aromatic rings. The normalized spacial score (nSPS) is 13.1. The molecule has 0 saturated heterocycles. The van der Waals surface area contributed by atoms with Crippen molar-refractivity contribution >= 4 is 34.8 Å². The second kappa shape index (κ2) is 6.05. The lowest BCUT2D eigenvalue weighted by Crippen LogP contribution is -2.02. The maximum absolute atomic E-state index is 6.24. The van der Waals surface area contributed by atoms with E-state index < -0.39 is 0 Å². The number of fused-ring (bicyclic) bond motifs is 2. The Balaban J connectivity index is 1.60. The summed E-state index contributed by atoms with van der Waals surface area (Å²) >= 11 is 6.24. The molecule has 0 amide bonds. The second-order valence-corrected chi connectivity index (χ2v) is 5.67. The fourth-order valence-electron chi connectivity index (χ4n) is 2.67. The number of imidazole rings is 1. The van der Waals surface area contributed by atoms with Crippen LogP contribution in [0.1, 0.15) is 12.5 Å². The second-order valence-electron chi connectivity index (χ2n) is 5.27.